The zero-order valence-electron chi connectivity index (χ0n) is 19.7. The van der Waals surface area contributed by atoms with Gasteiger partial charge in [-0.1, -0.05) is 68.3 Å². The van der Waals surface area contributed by atoms with Crippen LogP contribution in [0.15, 0.2) is 48.5 Å². The van der Waals surface area contributed by atoms with Crippen LogP contribution in [0.5, 0.6) is 0 Å². The summed E-state index contributed by atoms with van der Waals surface area (Å²) in [4.78, 5) is 38.7. The van der Waals surface area contributed by atoms with Gasteiger partial charge in [-0.15, -0.1) is 0 Å². The summed E-state index contributed by atoms with van der Waals surface area (Å²) in [5.74, 6) is -1.74. The summed E-state index contributed by atoms with van der Waals surface area (Å²) in [7, 11) is 1.53. The predicted octanol–water partition coefficient (Wildman–Crippen LogP) is 4.41. The molecule has 1 saturated carbocycles. The zero-order chi connectivity index (χ0) is 24.2. The second-order valence-corrected chi connectivity index (χ2v) is 9.18. The molecule has 3 unspecified atom stereocenters. The molecule has 0 aliphatic heterocycles. The average Bonchev–Trinajstić information content (AvgIpc) is 3.16. The number of carbonyl (C=O) groups excluding carboxylic acids is 2. The van der Waals surface area contributed by atoms with Crippen molar-refractivity contribution in [1.82, 2.24) is 10.2 Å². The largest absolute Gasteiger partial charge is 0.480 e. The molecule has 0 radical (unpaired) electrons. The first kappa shape index (κ1) is 23.8. The second-order valence-electron chi connectivity index (χ2n) is 9.18. The van der Waals surface area contributed by atoms with E-state index in [1.807, 2.05) is 24.3 Å². The average molecular weight is 465 g/mol. The first-order valence-electron chi connectivity index (χ1n) is 12.0. The van der Waals surface area contributed by atoms with Gasteiger partial charge in [0.15, 0.2) is 0 Å². The number of alkyl carbamates (subject to hydrolysis) is 1. The maximum absolute atomic E-state index is 13.1. The first-order chi connectivity index (χ1) is 16.4. The van der Waals surface area contributed by atoms with E-state index in [9.17, 15) is 19.5 Å². The van der Waals surface area contributed by atoms with E-state index < -0.39 is 24.0 Å². The third-order valence-corrected chi connectivity index (χ3v) is 7.22. The summed E-state index contributed by atoms with van der Waals surface area (Å²) in [5, 5.41) is 12.3. The topological polar surface area (TPSA) is 95.9 Å². The molecule has 0 aromatic heterocycles. The third kappa shape index (κ3) is 4.65. The van der Waals surface area contributed by atoms with Crippen molar-refractivity contribution in [2.45, 2.75) is 57.0 Å². The van der Waals surface area contributed by atoms with Gasteiger partial charge >= 0.3 is 12.1 Å². The molecule has 0 heterocycles. The van der Waals surface area contributed by atoms with Crippen LogP contribution in [0.3, 0.4) is 0 Å². The monoisotopic (exact) mass is 464 g/mol. The highest BCUT2D eigenvalue weighted by molar-refractivity contribution is 5.86. The minimum absolute atomic E-state index is 0.0334. The van der Waals surface area contributed by atoms with Crippen LogP contribution in [0.25, 0.3) is 11.1 Å². The number of likely N-dealkylation sites (N-methyl/N-ethyl adjacent to an activating group) is 1. The molecule has 2 aromatic carbocycles. The summed E-state index contributed by atoms with van der Waals surface area (Å²) < 4.78 is 5.67. The Morgan fingerprint density at radius 1 is 1.03 bits per heavy atom. The Labute approximate surface area is 200 Å². The van der Waals surface area contributed by atoms with Gasteiger partial charge in [0.2, 0.25) is 5.91 Å². The number of fused-ring (bicyclic) bond motifs is 3. The molecule has 7 heteroatoms. The van der Waals surface area contributed by atoms with Crippen LogP contribution in [-0.2, 0) is 14.3 Å². The van der Waals surface area contributed by atoms with Gasteiger partial charge < -0.3 is 20.1 Å². The van der Waals surface area contributed by atoms with Crippen molar-refractivity contribution < 1.29 is 24.2 Å². The molecule has 2 aromatic rings. The van der Waals surface area contributed by atoms with Crippen molar-refractivity contribution >= 4 is 18.0 Å². The molecule has 4 rings (SSSR count). The number of carboxylic acids is 1. The number of benzene rings is 2. The first-order valence-corrected chi connectivity index (χ1v) is 12.0. The summed E-state index contributed by atoms with van der Waals surface area (Å²) >= 11 is 0. The maximum atomic E-state index is 13.1. The molecular formula is C27H32N2O5. The van der Waals surface area contributed by atoms with Crippen LogP contribution in [0.4, 0.5) is 4.79 Å². The van der Waals surface area contributed by atoms with E-state index in [0.717, 1.165) is 35.1 Å². The Hall–Kier alpha value is -3.35. The minimum Gasteiger partial charge on any atom is -0.480 e. The van der Waals surface area contributed by atoms with E-state index in [1.165, 1.54) is 11.9 Å². The van der Waals surface area contributed by atoms with Crippen LogP contribution >= 0.6 is 0 Å². The number of amides is 2. The third-order valence-electron chi connectivity index (χ3n) is 7.22. The molecule has 2 aliphatic rings. The van der Waals surface area contributed by atoms with E-state index in [2.05, 4.69) is 29.6 Å². The van der Waals surface area contributed by atoms with Crippen molar-refractivity contribution in [3.63, 3.8) is 0 Å². The molecule has 34 heavy (non-hydrogen) atoms. The number of carboxylic acid groups (broad SMARTS) is 1. The second kappa shape index (κ2) is 10.3. The van der Waals surface area contributed by atoms with E-state index in [4.69, 9.17) is 4.74 Å². The number of nitrogens with zero attached hydrogens (tertiary/aromatic N) is 1. The van der Waals surface area contributed by atoms with Crippen molar-refractivity contribution in [2.75, 3.05) is 13.7 Å². The number of rotatable bonds is 7. The predicted molar refractivity (Wildman–Crippen MR) is 128 cm³/mol. The van der Waals surface area contributed by atoms with Gasteiger partial charge in [-0.3, -0.25) is 4.79 Å². The lowest BCUT2D eigenvalue weighted by molar-refractivity contribution is -0.151. The van der Waals surface area contributed by atoms with E-state index in [1.54, 1.807) is 6.92 Å². The van der Waals surface area contributed by atoms with Crippen LogP contribution in [0, 0.1) is 5.92 Å². The molecule has 2 N–H and O–H groups in total. The van der Waals surface area contributed by atoms with Crippen molar-refractivity contribution in [3.05, 3.63) is 59.7 Å². The van der Waals surface area contributed by atoms with Crippen LogP contribution in [0.1, 0.15) is 56.1 Å². The fourth-order valence-corrected chi connectivity index (χ4v) is 5.42. The fraction of sp³-hybridized carbons (Fsp3) is 0.444. The summed E-state index contributed by atoms with van der Waals surface area (Å²) in [6, 6.07) is 15.1. The van der Waals surface area contributed by atoms with Crippen LogP contribution in [0.2, 0.25) is 0 Å². The Bertz CT molecular complexity index is 1020. The lowest BCUT2D eigenvalue weighted by Crippen LogP contribution is -2.52. The number of carbonyl (C=O) groups is 3. The Morgan fingerprint density at radius 3 is 2.21 bits per heavy atom. The lowest BCUT2D eigenvalue weighted by atomic mass is 9.83. The molecule has 0 saturated heterocycles. The number of hydrogen-bond donors (Lipinski definition) is 2. The van der Waals surface area contributed by atoms with Crippen molar-refractivity contribution in [3.8, 4) is 11.1 Å². The highest BCUT2D eigenvalue weighted by Crippen LogP contribution is 2.44. The summed E-state index contributed by atoms with van der Waals surface area (Å²) in [6.07, 6.45) is 2.84. The van der Waals surface area contributed by atoms with Gasteiger partial charge in [0.1, 0.15) is 12.6 Å². The lowest BCUT2D eigenvalue weighted by Gasteiger charge is -2.35. The number of hydrogen-bond acceptors (Lipinski definition) is 4. The maximum Gasteiger partial charge on any atom is 0.407 e. The van der Waals surface area contributed by atoms with Crippen molar-refractivity contribution in [2.24, 2.45) is 5.92 Å². The summed E-state index contributed by atoms with van der Waals surface area (Å²) in [5.41, 5.74) is 4.61. The SMILES string of the molecule is CCC(C(=O)O)N(C)C(=O)C1CCCCC1NC(=O)OCC1c2ccccc2-c2ccccc21. The van der Waals surface area contributed by atoms with E-state index in [-0.39, 0.29) is 24.5 Å². The molecule has 1 fully saturated rings. The molecule has 2 aliphatic carbocycles. The number of aliphatic carboxylic acids is 1. The van der Waals surface area contributed by atoms with Gasteiger partial charge in [0.05, 0.1) is 5.92 Å². The van der Waals surface area contributed by atoms with Gasteiger partial charge in [0, 0.05) is 19.0 Å². The highest BCUT2D eigenvalue weighted by atomic mass is 16.5. The van der Waals surface area contributed by atoms with Crippen molar-refractivity contribution in [1.29, 1.82) is 0 Å². The minimum atomic E-state index is -1.02. The normalized spacial score (nSPS) is 20.1. The molecule has 7 nitrogen and oxygen atoms in total. The molecule has 3 atom stereocenters. The van der Waals surface area contributed by atoms with E-state index >= 15 is 0 Å². The summed E-state index contributed by atoms with van der Waals surface area (Å²) in [6.45, 7) is 1.96. The van der Waals surface area contributed by atoms with Gasteiger partial charge in [0.25, 0.3) is 0 Å². The van der Waals surface area contributed by atoms with Gasteiger partial charge in [-0.25, -0.2) is 9.59 Å². The van der Waals surface area contributed by atoms with Gasteiger partial charge in [-0.05, 0) is 41.5 Å². The van der Waals surface area contributed by atoms with Crippen LogP contribution in [-0.4, -0.2) is 53.7 Å². The fourth-order valence-electron chi connectivity index (χ4n) is 5.42. The Morgan fingerprint density at radius 2 is 1.62 bits per heavy atom. The zero-order valence-corrected chi connectivity index (χ0v) is 19.7. The molecular weight excluding hydrogens is 432 g/mol. The quantitative estimate of drug-likeness (QED) is 0.633. The molecule has 0 bridgehead atoms. The van der Waals surface area contributed by atoms with Gasteiger partial charge in [-0.2, -0.15) is 0 Å². The number of nitrogens with one attached hydrogen (secondary N) is 1. The van der Waals surface area contributed by atoms with Crippen LogP contribution < -0.4 is 5.32 Å². The molecule has 0 spiro atoms. The van der Waals surface area contributed by atoms with E-state index in [0.29, 0.717) is 19.3 Å². The Balaban J connectivity index is 1.41. The standard InChI is InChI=1S/C27H32N2O5/c1-3-24(26(31)32)29(2)25(30)21-14-8-9-15-23(21)28-27(33)34-16-22-19-12-6-4-10-17(19)18-11-5-7-13-20(18)22/h4-7,10-13,21-24H,3,8-9,14-16H2,1-2H3,(H,28,33)(H,31,32). The Kier molecular flexibility index (Phi) is 7.20. The number of ether oxygens (including phenoxy) is 1. The highest BCUT2D eigenvalue weighted by Gasteiger charge is 2.37. The molecule has 2 amide bonds. The molecule has 180 valence electrons. The smallest absolute Gasteiger partial charge is 0.407 e.